The van der Waals surface area contributed by atoms with Gasteiger partial charge in [0.05, 0.1) is 18.4 Å². The van der Waals surface area contributed by atoms with Gasteiger partial charge in [-0.3, -0.25) is 9.69 Å². The number of ether oxygens (including phenoxy) is 1. The molecule has 1 aliphatic heterocycles. The summed E-state index contributed by atoms with van der Waals surface area (Å²) in [6.45, 7) is 3.62. The van der Waals surface area contributed by atoms with Crippen molar-refractivity contribution < 1.29 is 45.1 Å². The van der Waals surface area contributed by atoms with Crippen molar-refractivity contribution in [3.63, 3.8) is 0 Å². The standard InChI is InChI=1S/C27H28Cl2F4N2O6S/c1-15-3-4-16(12-34(15)13-17-7-19(28)9-20(29)8-17)14-40-21-10-22(18-5-6-18)24(23(30)11-21)25(36)35(42(2,38)39)41-26(37)27(31,32)33/h7-11,15-16,18H,3-6,12-14H2,1-2H3/t15-,16-/m1/s1. The minimum atomic E-state index is -5.59. The molecule has 42 heavy (non-hydrogen) atoms. The highest BCUT2D eigenvalue weighted by Gasteiger charge is 2.46. The molecule has 2 atom stereocenters. The highest BCUT2D eigenvalue weighted by Crippen LogP contribution is 2.44. The van der Waals surface area contributed by atoms with Gasteiger partial charge >= 0.3 is 18.1 Å². The molecule has 2 aliphatic rings. The van der Waals surface area contributed by atoms with Crippen LogP contribution in [0.2, 0.25) is 10.0 Å². The Morgan fingerprint density at radius 2 is 1.69 bits per heavy atom. The number of carbonyl (C=O) groups is 2. The van der Waals surface area contributed by atoms with Crippen LogP contribution in [0.1, 0.15) is 60.0 Å². The van der Waals surface area contributed by atoms with Gasteiger partial charge in [0, 0.05) is 41.2 Å². The van der Waals surface area contributed by atoms with E-state index in [4.69, 9.17) is 27.9 Å². The molecule has 8 nitrogen and oxygen atoms in total. The summed E-state index contributed by atoms with van der Waals surface area (Å²) in [6.07, 6.45) is -2.44. The number of nitrogens with zero attached hydrogens (tertiary/aromatic N) is 2. The first kappa shape index (κ1) is 32.3. The molecule has 2 aromatic carbocycles. The lowest BCUT2D eigenvalue weighted by Crippen LogP contribution is -2.43. The van der Waals surface area contributed by atoms with E-state index in [1.54, 1.807) is 6.07 Å². The molecular weight excluding hydrogens is 627 g/mol. The van der Waals surface area contributed by atoms with E-state index in [-0.39, 0.29) is 35.8 Å². The number of alkyl halides is 3. The quantitative estimate of drug-likeness (QED) is 0.250. The predicted molar refractivity (Wildman–Crippen MR) is 146 cm³/mol. The summed E-state index contributed by atoms with van der Waals surface area (Å²) in [4.78, 5) is 30.4. The van der Waals surface area contributed by atoms with Crippen molar-refractivity contribution in [3.8, 4) is 5.75 Å². The highest BCUT2D eigenvalue weighted by molar-refractivity contribution is 7.88. The molecule has 1 aliphatic carbocycles. The number of hydrogen-bond donors (Lipinski definition) is 0. The van der Waals surface area contributed by atoms with E-state index in [0.717, 1.165) is 24.5 Å². The smallest absolute Gasteiger partial charge is 0.493 e. The molecule has 0 spiro atoms. The maximum absolute atomic E-state index is 15.3. The van der Waals surface area contributed by atoms with Crippen LogP contribution in [0.5, 0.6) is 5.75 Å². The van der Waals surface area contributed by atoms with Gasteiger partial charge in [-0.25, -0.2) is 17.6 Å². The van der Waals surface area contributed by atoms with Gasteiger partial charge in [-0.2, -0.15) is 13.2 Å². The molecule has 2 aromatic rings. The predicted octanol–water partition coefficient (Wildman–Crippen LogP) is 6.11. The Hall–Kier alpha value is -2.61. The molecule has 1 amide bonds. The molecule has 230 valence electrons. The Morgan fingerprint density at radius 1 is 1.05 bits per heavy atom. The van der Waals surface area contributed by atoms with E-state index in [9.17, 15) is 31.2 Å². The van der Waals surface area contributed by atoms with Crippen molar-refractivity contribution in [1.82, 2.24) is 9.37 Å². The Labute approximate surface area is 250 Å². The number of piperidine rings is 1. The summed E-state index contributed by atoms with van der Waals surface area (Å²) >= 11 is 12.3. The molecule has 1 saturated heterocycles. The van der Waals surface area contributed by atoms with Crippen LogP contribution in [0.3, 0.4) is 0 Å². The van der Waals surface area contributed by atoms with Crippen LogP contribution in [-0.4, -0.2) is 61.3 Å². The summed E-state index contributed by atoms with van der Waals surface area (Å²) in [6, 6.07) is 7.87. The lowest BCUT2D eigenvalue weighted by atomic mass is 9.93. The van der Waals surface area contributed by atoms with Crippen LogP contribution < -0.4 is 4.74 Å². The number of likely N-dealkylation sites (tertiary alicyclic amines) is 1. The van der Waals surface area contributed by atoms with Crippen molar-refractivity contribution in [1.29, 1.82) is 0 Å². The van der Waals surface area contributed by atoms with Gasteiger partial charge in [-0.15, -0.1) is 0 Å². The first-order chi connectivity index (χ1) is 19.5. The lowest BCUT2D eigenvalue weighted by Gasteiger charge is -2.38. The fraction of sp³-hybridized carbons (Fsp3) is 0.481. The number of carbonyl (C=O) groups excluding carboxylic acids is 2. The van der Waals surface area contributed by atoms with Crippen molar-refractivity contribution in [3.05, 3.63) is 62.9 Å². The van der Waals surface area contributed by atoms with Gasteiger partial charge < -0.3 is 9.57 Å². The number of halogens is 6. The van der Waals surface area contributed by atoms with Crippen molar-refractivity contribution >= 4 is 45.1 Å². The van der Waals surface area contributed by atoms with Crippen LogP contribution in [0, 0.1) is 11.7 Å². The van der Waals surface area contributed by atoms with Crippen molar-refractivity contribution in [2.75, 3.05) is 19.4 Å². The molecule has 0 N–H and O–H groups in total. The molecule has 15 heteroatoms. The summed E-state index contributed by atoms with van der Waals surface area (Å²) in [5.74, 6) is -6.10. The van der Waals surface area contributed by atoms with E-state index in [0.29, 0.717) is 42.2 Å². The van der Waals surface area contributed by atoms with E-state index in [2.05, 4.69) is 16.7 Å². The zero-order chi connectivity index (χ0) is 31.0. The summed E-state index contributed by atoms with van der Waals surface area (Å²) in [5, 5.41) is 1.08. The molecule has 4 rings (SSSR count). The summed E-state index contributed by atoms with van der Waals surface area (Å²) < 4.78 is 82.8. The Balaban J connectivity index is 1.50. The lowest BCUT2D eigenvalue weighted by molar-refractivity contribution is -0.216. The van der Waals surface area contributed by atoms with Gasteiger partial charge in [0.2, 0.25) is 0 Å². The van der Waals surface area contributed by atoms with Crippen LogP contribution in [-0.2, 0) is 26.2 Å². The van der Waals surface area contributed by atoms with Gasteiger partial charge in [0.1, 0.15) is 11.6 Å². The fourth-order valence-corrected chi connectivity index (χ4v) is 6.04. The van der Waals surface area contributed by atoms with Crippen LogP contribution in [0.25, 0.3) is 0 Å². The second kappa shape index (κ2) is 12.6. The first-order valence-electron chi connectivity index (χ1n) is 13.0. The third-order valence-electron chi connectivity index (χ3n) is 7.09. The maximum atomic E-state index is 15.3. The SMILES string of the molecule is C[C@@H]1CC[C@@H](COc2cc(F)c(C(=O)N(OC(=O)C(F)(F)F)S(C)(=O)=O)c(C3CC3)c2)CN1Cc1cc(Cl)cc(Cl)c1. The largest absolute Gasteiger partial charge is 0.493 e. The van der Waals surface area contributed by atoms with Gasteiger partial charge in [-0.1, -0.05) is 27.7 Å². The van der Waals surface area contributed by atoms with Crippen molar-refractivity contribution in [2.24, 2.45) is 5.92 Å². The van der Waals surface area contributed by atoms with E-state index < -0.39 is 43.9 Å². The second-order valence-electron chi connectivity index (χ2n) is 10.6. The molecule has 2 fully saturated rings. The first-order valence-corrected chi connectivity index (χ1v) is 15.6. The van der Waals surface area contributed by atoms with Gasteiger partial charge in [0.25, 0.3) is 10.0 Å². The zero-order valence-electron chi connectivity index (χ0n) is 22.6. The average Bonchev–Trinajstić information content (AvgIpc) is 3.70. The number of amides is 1. The van der Waals surface area contributed by atoms with E-state index in [1.165, 1.54) is 6.07 Å². The van der Waals surface area contributed by atoms with Crippen LogP contribution >= 0.6 is 23.2 Å². The number of sulfonamides is 1. The molecule has 0 unspecified atom stereocenters. The normalized spacial score (nSPS) is 19.8. The average molecular weight is 655 g/mol. The maximum Gasteiger partial charge on any atom is 0.493 e. The Kier molecular flexibility index (Phi) is 9.66. The topological polar surface area (TPSA) is 93.2 Å². The van der Waals surface area contributed by atoms with Gasteiger partial charge in [0.15, 0.2) is 0 Å². The van der Waals surface area contributed by atoms with Crippen molar-refractivity contribution in [2.45, 2.75) is 57.3 Å². The summed E-state index contributed by atoms with van der Waals surface area (Å²) in [5.41, 5.74) is 0.216. The van der Waals surface area contributed by atoms with Crippen LogP contribution in [0.15, 0.2) is 30.3 Å². The minimum absolute atomic E-state index is 0.0587. The molecule has 1 saturated carbocycles. The number of hydrogen-bond acceptors (Lipinski definition) is 7. The Bertz CT molecular complexity index is 1450. The van der Waals surface area contributed by atoms with Gasteiger partial charge in [-0.05, 0) is 73.9 Å². The molecular formula is C27H28Cl2F4N2O6S. The highest BCUT2D eigenvalue weighted by atomic mass is 35.5. The monoisotopic (exact) mass is 654 g/mol. The molecule has 0 aromatic heterocycles. The van der Waals surface area contributed by atoms with E-state index >= 15 is 4.39 Å². The minimum Gasteiger partial charge on any atom is -0.493 e. The number of benzene rings is 2. The third-order valence-corrected chi connectivity index (χ3v) is 8.37. The molecule has 0 radical (unpaired) electrons. The number of hydroxylamine groups is 1. The molecule has 0 bridgehead atoms. The number of rotatable bonds is 8. The Morgan fingerprint density at radius 3 is 2.26 bits per heavy atom. The fourth-order valence-electron chi connectivity index (χ4n) is 4.88. The summed E-state index contributed by atoms with van der Waals surface area (Å²) in [7, 11) is -4.86. The third kappa shape index (κ3) is 8.06. The molecule has 1 heterocycles. The second-order valence-corrected chi connectivity index (χ2v) is 13.3. The van der Waals surface area contributed by atoms with Crippen LogP contribution in [0.4, 0.5) is 17.6 Å². The van der Waals surface area contributed by atoms with E-state index in [1.807, 2.05) is 12.1 Å². The zero-order valence-corrected chi connectivity index (χ0v) is 24.9.